The Bertz CT molecular complexity index is 505. The van der Waals surface area contributed by atoms with Crippen LogP contribution in [-0.2, 0) is 4.74 Å². The van der Waals surface area contributed by atoms with Gasteiger partial charge in [0.15, 0.2) is 5.96 Å². The molecule has 2 atom stereocenters. The molecule has 5 nitrogen and oxygen atoms in total. The Morgan fingerprint density at radius 2 is 2.04 bits per heavy atom. The van der Waals surface area contributed by atoms with Gasteiger partial charge in [0.2, 0.25) is 0 Å². The summed E-state index contributed by atoms with van der Waals surface area (Å²) in [4.78, 5) is 4.14. The highest BCUT2D eigenvalue weighted by atomic mass is 127. The zero-order valence-corrected chi connectivity index (χ0v) is 16.7. The normalized spacial score (nSPS) is 19.1. The van der Waals surface area contributed by atoms with Gasteiger partial charge in [0.25, 0.3) is 0 Å². The number of aliphatic hydroxyl groups excluding tert-OH is 1. The molecule has 0 saturated carbocycles. The van der Waals surface area contributed by atoms with E-state index in [1.807, 2.05) is 0 Å². The second kappa shape index (κ2) is 10.6. The summed E-state index contributed by atoms with van der Waals surface area (Å²) in [5, 5.41) is 17.5. The summed E-state index contributed by atoms with van der Waals surface area (Å²) in [6.07, 6.45) is 0.345. The molecule has 23 heavy (non-hydrogen) atoms. The molecule has 0 aliphatic carbocycles. The summed E-state index contributed by atoms with van der Waals surface area (Å²) in [5.41, 5.74) is 0.671. The molecular weight excluding hydrogens is 452 g/mol. The van der Waals surface area contributed by atoms with Crippen LogP contribution in [-0.4, -0.2) is 44.4 Å². The Balaban J connectivity index is 0.00000264. The highest BCUT2D eigenvalue weighted by Gasteiger charge is 2.16. The molecule has 1 heterocycles. The van der Waals surface area contributed by atoms with Crippen molar-refractivity contribution in [2.75, 3.05) is 33.4 Å². The highest BCUT2D eigenvalue weighted by Crippen LogP contribution is 2.23. The Morgan fingerprint density at radius 3 is 2.61 bits per heavy atom. The summed E-state index contributed by atoms with van der Waals surface area (Å²) in [6, 6.07) is 5.04. The summed E-state index contributed by atoms with van der Waals surface area (Å²) in [7, 11) is 1.70. The number of hydrogen-bond donors (Lipinski definition) is 3. The van der Waals surface area contributed by atoms with Gasteiger partial charge in [-0.25, -0.2) is 0 Å². The van der Waals surface area contributed by atoms with Crippen LogP contribution in [0.4, 0.5) is 0 Å². The third-order valence-electron chi connectivity index (χ3n) is 3.54. The first kappa shape index (κ1) is 20.8. The highest BCUT2D eigenvalue weighted by molar-refractivity contribution is 14.0. The maximum absolute atomic E-state index is 10.2. The Labute approximate surface area is 163 Å². The van der Waals surface area contributed by atoms with E-state index < -0.39 is 6.10 Å². The minimum Gasteiger partial charge on any atom is -0.387 e. The SMILES string of the molecule is CN=C(NCC1CCOC1)NCC(O)c1cc(Cl)cc(Cl)c1.I. The zero-order chi connectivity index (χ0) is 15.9. The van der Waals surface area contributed by atoms with E-state index >= 15 is 0 Å². The standard InChI is InChI=1S/C15H21Cl2N3O2.HI/c1-18-15(19-7-10-2-3-22-9-10)20-8-14(21)11-4-12(16)6-13(17)5-11;/h4-6,10,14,21H,2-3,7-9H2,1H3,(H2,18,19,20);1H. The van der Waals surface area contributed by atoms with E-state index in [4.69, 9.17) is 27.9 Å². The number of rotatable bonds is 5. The molecule has 0 aromatic heterocycles. The van der Waals surface area contributed by atoms with Crippen molar-refractivity contribution in [2.24, 2.45) is 10.9 Å². The third kappa shape index (κ3) is 7.01. The lowest BCUT2D eigenvalue weighted by atomic mass is 10.1. The van der Waals surface area contributed by atoms with Crippen LogP contribution in [0.2, 0.25) is 10.0 Å². The lowest BCUT2D eigenvalue weighted by Gasteiger charge is -2.17. The van der Waals surface area contributed by atoms with Crippen LogP contribution in [0.5, 0.6) is 0 Å². The Kier molecular flexibility index (Phi) is 9.53. The number of nitrogens with zero attached hydrogens (tertiary/aromatic N) is 1. The molecule has 1 aliphatic rings. The van der Waals surface area contributed by atoms with Gasteiger partial charge in [-0.3, -0.25) is 4.99 Å². The number of halogens is 3. The molecule has 0 radical (unpaired) electrons. The van der Waals surface area contributed by atoms with Crippen molar-refractivity contribution in [3.8, 4) is 0 Å². The van der Waals surface area contributed by atoms with Gasteiger partial charge in [0.05, 0.1) is 12.7 Å². The lowest BCUT2D eigenvalue weighted by Crippen LogP contribution is -2.41. The minimum absolute atomic E-state index is 0. The number of aliphatic hydroxyl groups is 1. The fraction of sp³-hybridized carbons (Fsp3) is 0.533. The fourth-order valence-electron chi connectivity index (χ4n) is 2.28. The van der Waals surface area contributed by atoms with Gasteiger partial charge < -0.3 is 20.5 Å². The van der Waals surface area contributed by atoms with Crippen LogP contribution < -0.4 is 10.6 Å². The van der Waals surface area contributed by atoms with Crippen molar-refractivity contribution in [3.05, 3.63) is 33.8 Å². The number of benzene rings is 1. The molecule has 1 aromatic carbocycles. The van der Waals surface area contributed by atoms with Crippen molar-refractivity contribution >= 4 is 53.1 Å². The molecule has 1 aliphatic heterocycles. The van der Waals surface area contributed by atoms with Crippen molar-refractivity contribution in [1.82, 2.24) is 10.6 Å². The molecule has 130 valence electrons. The summed E-state index contributed by atoms with van der Waals surface area (Å²) in [5.74, 6) is 1.16. The number of hydrogen-bond acceptors (Lipinski definition) is 3. The smallest absolute Gasteiger partial charge is 0.191 e. The van der Waals surface area contributed by atoms with Gasteiger partial charge in [0.1, 0.15) is 0 Å². The van der Waals surface area contributed by atoms with Crippen molar-refractivity contribution < 1.29 is 9.84 Å². The van der Waals surface area contributed by atoms with Crippen LogP contribution in [0, 0.1) is 5.92 Å². The molecule has 0 amide bonds. The first-order valence-corrected chi connectivity index (χ1v) is 8.00. The average molecular weight is 474 g/mol. The molecule has 0 bridgehead atoms. The van der Waals surface area contributed by atoms with E-state index in [1.54, 1.807) is 25.2 Å². The van der Waals surface area contributed by atoms with E-state index in [2.05, 4.69) is 15.6 Å². The Hall–Kier alpha value is -0.280. The van der Waals surface area contributed by atoms with E-state index in [9.17, 15) is 5.11 Å². The van der Waals surface area contributed by atoms with Crippen LogP contribution in [0.1, 0.15) is 18.1 Å². The minimum atomic E-state index is -0.718. The van der Waals surface area contributed by atoms with Gasteiger partial charge in [0, 0.05) is 42.7 Å². The topological polar surface area (TPSA) is 65.9 Å². The number of aliphatic imine (C=N–C) groups is 1. The van der Waals surface area contributed by atoms with Crippen LogP contribution in [0.15, 0.2) is 23.2 Å². The predicted octanol–water partition coefficient (Wildman–Crippen LogP) is 2.85. The molecule has 8 heteroatoms. The lowest BCUT2D eigenvalue weighted by molar-refractivity contribution is 0.180. The fourth-order valence-corrected chi connectivity index (χ4v) is 2.83. The second-order valence-corrected chi connectivity index (χ2v) is 6.16. The summed E-state index contributed by atoms with van der Waals surface area (Å²) < 4.78 is 5.34. The molecule has 1 aromatic rings. The summed E-state index contributed by atoms with van der Waals surface area (Å²) >= 11 is 11.9. The molecule has 2 rings (SSSR count). The molecular formula is C15H22Cl2IN3O2. The molecule has 2 unspecified atom stereocenters. The molecule has 3 N–H and O–H groups in total. The first-order chi connectivity index (χ1) is 10.6. The largest absolute Gasteiger partial charge is 0.387 e. The van der Waals surface area contributed by atoms with Gasteiger partial charge in [-0.2, -0.15) is 0 Å². The zero-order valence-electron chi connectivity index (χ0n) is 12.9. The monoisotopic (exact) mass is 473 g/mol. The average Bonchev–Trinajstić information content (AvgIpc) is 2.99. The maximum Gasteiger partial charge on any atom is 0.191 e. The second-order valence-electron chi connectivity index (χ2n) is 5.28. The summed E-state index contributed by atoms with van der Waals surface area (Å²) in [6.45, 7) is 2.73. The van der Waals surface area contributed by atoms with E-state index in [-0.39, 0.29) is 24.0 Å². The van der Waals surface area contributed by atoms with E-state index in [1.165, 1.54) is 0 Å². The quantitative estimate of drug-likeness (QED) is 0.349. The predicted molar refractivity (Wildman–Crippen MR) is 105 cm³/mol. The van der Waals surface area contributed by atoms with E-state index in [0.717, 1.165) is 26.2 Å². The number of ether oxygens (including phenoxy) is 1. The van der Waals surface area contributed by atoms with Gasteiger partial charge in [-0.05, 0) is 30.2 Å². The van der Waals surface area contributed by atoms with Crippen LogP contribution in [0.3, 0.4) is 0 Å². The third-order valence-corrected chi connectivity index (χ3v) is 3.97. The maximum atomic E-state index is 10.2. The van der Waals surface area contributed by atoms with Crippen LogP contribution >= 0.6 is 47.2 Å². The van der Waals surface area contributed by atoms with Crippen molar-refractivity contribution in [3.63, 3.8) is 0 Å². The van der Waals surface area contributed by atoms with Crippen LogP contribution in [0.25, 0.3) is 0 Å². The van der Waals surface area contributed by atoms with Crippen molar-refractivity contribution in [1.29, 1.82) is 0 Å². The van der Waals surface area contributed by atoms with Crippen molar-refractivity contribution in [2.45, 2.75) is 12.5 Å². The Morgan fingerprint density at radius 1 is 1.35 bits per heavy atom. The number of guanidine groups is 1. The molecule has 1 fully saturated rings. The first-order valence-electron chi connectivity index (χ1n) is 7.25. The van der Waals surface area contributed by atoms with Gasteiger partial charge >= 0.3 is 0 Å². The van der Waals surface area contributed by atoms with Gasteiger partial charge in [-0.1, -0.05) is 23.2 Å². The molecule has 1 saturated heterocycles. The van der Waals surface area contributed by atoms with E-state index in [0.29, 0.717) is 34.0 Å². The molecule has 0 spiro atoms. The van der Waals surface area contributed by atoms with Gasteiger partial charge in [-0.15, -0.1) is 24.0 Å². The number of nitrogens with one attached hydrogen (secondary N) is 2.